The molecule has 2 aromatic rings. The number of hydrogen-bond acceptors (Lipinski definition) is 5. The number of amides is 2. The normalized spacial score (nSPS) is 17.2. The first-order chi connectivity index (χ1) is 14.1. The Kier molecular flexibility index (Phi) is 6.57. The third-order valence-corrected chi connectivity index (χ3v) is 8.09. The first-order valence-electron chi connectivity index (χ1n) is 9.82. The summed E-state index contributed by atoms with van der Waals surface area (Å²) in [6, 6.07) is 12.2. The predicted octanol–water partition coefficient (Wildman–Crippen LogP) is 4.29. The van der Waals surface area contributed by atoms with Crippen LogP contribution in [0.4, 0.5) is 11.4 Å². The Labute approximate surface area is 181 Å². The van der Waals surface area contributed by atoms with Crippen molar-refractivity contribution in [3.8, 4) is 0 Å². The molecule has 8 heteroatoms. The number of thioether (sulfide) groups is 1. The lowest BCUT2D eigenvalue weighted by Gasteiger charge is -2.22. The summed E-state index contributed by atoms with van der Waals surface area (Å²) in [4.78, 5) is 25.3. The van der Waals surface area contributed by atoms with Crippen LogP contribution in [0.1, 0.15) is 39.2 Å². The molecule has 2 amide bonds. The van der Waals surface area contributed by atoms with Crippen molar-refractivity contribution in [2.45, 2.75) is 48.7 Å². The summed E-state index contributed by atoms with van der Waals surface area (Å²) >= 11 is 1.39. The van der Waals surface area contributed by atoms with Gasteiger partial charge in [0.1, 0.15) is 0 Å². The molecule has 3 rings (SSSR count). The highest BCUT2D eigenvalue weighted by molar-refractivity contribution is 8.01. The van der Waals surface area contributed by atoms with Gasteiger partial charge in [0.15, 0.2) is 9.84 Å². The molecule has 0 spiro atoms. The van der Waals surface area contributed by atoms with E-state index in [-0.39, 0.29) is 27.7 Å². The second-order valence-corrected chi connectivity index (χ2v) is 11.3. The van der Waals surface area contributed by atoms with Crippen LogP contribution in [0.25, 0.3) is 0 Å². The van der Waals surface area contributed by atoms with E-state index < -0.39 is 15.8 Å². The Hall–Kier alpha value is -2.32. The van der Waals surface area contributed by atoms with Crippen LogP contribution < -0.4 is 10.6 Å². The molecule has 2 aromatic carbocycles. The summed E-state index contributed by atoms with van der Waals surface area (Å²) in [5.74, 6) is -1.18. The maximum atomic E-state index is 12.9. The number of sulfone groups is 1. The number of nitrogens with one attached hydrogen (secondary N) is 2. The molecule has 1 aliphatic heterocycles. The van der Waals surface area contributed by atoms with E-state index in [0.717, 1.165) is 10.5 Å². The van der Waals surface area contributed by atoms with E-state index in [4.69, 9.17) is 0 Å². The van der Waals surface area contributed by atoms with Gasteiger partial charge in [-0.2, -0.15) is 0 Å². The number of carbonyl (C=O) groups excluding carboxylic acids is 2. The van der Waals surface area contributed by atoms with Crippen LogP contribution in [-0.4, -0.2) is 31.2 Å². The van der Waals surface area contributed by atoms with Crippen LogP contribution in [0.2, 0.25) is 0 Å². The smallest absolute Gasteiger partial charge is 0.237 e. The van der Waals surface area contributed by atoms with Crippen LogP contribution >= 0.6 is 11.8 Å². The maximum Gasteiger partial charge on any atom is 0.237 e. The van der Waals surface area contributed by atoms with Gasteiger partial charge in [0.05, 0.1) is 21.6 Å². The first-order valence-corrected chi connectivity index (χ1v) is 12.3. The van der Waals surface area contributed by atoms with E-state index in [9.17, 15) is 18.0 Å². The third kappa shape index (κ3) is 5.05. The highest BCUT2D eigenvalue weighted by Gasteiger charge is 2.27. The van der Waals surface area contributed by atoms with Gasteiger partial charge in [0.2, 0.25) is 11.8 Å². The van der Waals surface area contributed by atoms with E-state index in [1.54, 1.807) is 19.9 Å². The number of fused-ring (bicyclic) bond motifs is 1. The lowest BCUT2D eigenvalue weighted by Crippen LogP contribution is -2.28. The highest BCUT2D eigenvalue weighted by Crippen LogP contribution is 2.37. The SMILES string of the molecule is CC(C)c1ccc(NC(=O)[C@@H](C)CS(=O)(=O)c2ccc3c(c2)NC(=O)[C@H](C)S3)cc1. The van der Waals surface area contributed by atoms with E-state index in [0.29, 0.717) is 17.3 Å². The van der Waals surface area contributed by atoms with Crippen molar-refractivity contribution in [3.05, 3.63) is 48.0 Å². The summed E-state index contributed by atoms with van der Waals surface area (Å²) in [5, 5.41) is 5.29. The molecule has 6 nitrogen and oxygen atoms in total. The minimum absolute atomic E-state index is 0.0950. The van der Waals surface area contributed by atoms with Crippen molar-refractivity contribution < 1.29 is 18.0 Å². The first kappa shape index (κ1) is 22.4. The molecular weight excluding hydrogens is 420 g/mol. The number of benzene rings is 2. The van der Waals surface area contributed by atoms with Crippen LogP contribution in [0.3, 0.4) is 0 Å². The van der Waals surface area contributed by atoms with Gasteiger partial charge in [-0.3, -0.25) is 9.59 Å². The minimum Gasteiger partial charge on any atom is -0.326 e. The van der Waals surface area contributed by atoms with Gasteiger partial charge >= 0.3 is 0 Å². The fraction of sp³-hybridized carbons (Fsp3) is 0.364. The number of hydrogen-bond donors (Lipinski definition) is 2. The van der Waals surface area contributed by atoms with Gasteiger partial charge in [0.25, 0.3) is 0 Å². The zero-order valence-corrected chi connectivity index (χ0v) is 19.1. The van der Waals surface area contributed by atoms with Gasteiger partial charge in [-0.1, -0.05) is 32.9 Å². The second-order valence-electron chi connectivity index (χ2n) is 7.86. The molecule has 1 aliphatic rings. The number of carbonyl (C=O) groups is 2. The van der Waals surface area contributed by atoms with Crippen LogP contribution in [-0.2, 0) is 19.4 Å². The Morgan fingerprint density at radius 2 is 1.80 bits per heavy atom. The molecule has 30 heavy (non-hydrogen) atoms. The van der Waals surface area contributed by atoms with E-state index in [1.165, 1.54) is 23.9 Å². The van der Waals surface area contributed by atoms with Gasteiger partial charge in [-0.05, 0) is 48.7 Å². The monoisotopic (exact) mass is 446 g/mol. The molecule has 2 N–H and O–H groups in total. The Morgan fingerprint density at radius 1 is 1.13 bits per heavy atom. The molecule has 0 saturated heterocycles. The molecule has 160 valence electrons. The number of anilines is 2. The van der Waals surface area contributed by atoms with Crippen molar-refractivity contribution in [2.75, 3.05) is 16.4 Å². The summed E-state index contributed by atoms with van der Waals surface area (Å²) < 4.78 is 25.7. The molecule has 2 atom stereocenters. The van der Waals surface area contributed by atoms with E-state index >= 15 is 0 Å². The second kappa shape index (κ2) is 8.81. The molecule has 0 unspecified atom stereocenters. The summed E-state index contributed by atoms with van der Waals surface area (Å²) in [6.07, 6.45) is 0. The predicted molar refractivity (Wildman–Crippen MR) is 121 cm³/mol. The lowest BCUT2D eigenvalue weighted by atomic mass is 10.0. The standard InChI is InChI=1S/C22H26N2O4S2/c1-13(2)16-5-7-17(8-6-16)23-21(25)14(3)12-30(27,28)18-9-10-20-19(11-18)24-22(26)15(4)29-20/h5-11,13-15H,12H2,1-4H3,(H,23,25)(H,24,26)/t14-,15-/m0/s1. The largest absolute Gasteiger partial charge is 0.326 e. The molecular formula is C22H26N2O4S2. The molecule has 0 aromatic heterocycles. The van der Waals surface area contributed by atoms with Crippen molar-refractivity contribution in [2.24, 2.45) is 5.92 Å². The zero-order valence-electron chi connectivity index (χ0n) is 17.4. The zero-order chi connectivity index (χ0) is 22.1. The number of rotatable bonds is 6. The highest BCUT2D eigenvalue weighted by atomic mass is 32.2. The van der Waals surface area contributed by atoms with Crippen molar-refractivity contribution >= 4 is 44.8 Å². The minimum atomic E-state index is -3.70. The van der Waals surface area contributed by atoms with Gasteiger partial charge in [-0.15, -0.1) is 11.8 Å². The van der Waals surface area contributed by atoms with Gasteiger partial charge < -0.3 is 10.6 Å². The molecule has 0 bridgehead atoms. The quantitative estimate of drug-likeness (QED) is 0.691. The van der Waals surface area contributed by atoms with Gasteiger partial charge in [0, 0.05) is 16.5 Å². The van der Waals surface area contributed by atoms with Crippen molar-refractivity contribution in [3.63, 3.8) is 0 Å². The maximum absolute atomic E-state index is 12.9. The molecule has 0 saturated carbocycles. The van der Waals surface area contributed by atoms with Crippen molar-refractivity contribution in [1.29, 1.82) is 0 Å². The average Bonchev–Trinajstić information content (AvgIpc) is 2.68. The fourth-order valence-electron chi connectivity index (χ4n) is 3.10. The molecule has 0 radical (unpaired) electrons. The lowest BCUT2D eigenvalue weighted by molar-refractivity contribution is -0.119. The van der Waals surface area contributed by atoms with Crippen LogP contribution in [0.15, 0.2) is 52.3 Å². The Balaban J connectivity index is 1.69. The fourth-order valence-corrected chi connectivity index (χ4v) is 5.60. The topological polar surface area (TPSA) is 92.3 Å². The van der Waals surface area contributed by atoms with Crippen LogP contribution in [0, 0.1) is 5.92 Å². The summed E-state index contributed by atoms with van der Waals surface area (Å²) in [7, 11) is -3.70. The molecule has 0 aliphatic carbocycles. The third-order valence-electron chi connectivity index (χ3n) is 5.00. The van der Waals surface area contributed by atoms with Gasteiger partial charge in [-0.25, -0.2) is 8.42 Å². The average molecular weight is 447 g/mol. The van der Waals surface area contributed by atoms with Crippen LogP contribution in [0.5, 0.6) is 0 Å². The van der Waals surface area contributed by atoms with Crippen molar-refractivity contribution in [1.82, 2.24) is 0 Å². The Bertz CT molecular complexity index is 1060. The summed E-state index contributed by atoms with van der Waals surface area (Å²) in [5.41, 5.74) is 2.29. The summed E-state index contributed by atoms with van der Waals surface area (Å²) in [6.45, 7) is 7.56. The molecule has 1 heterocycles. The van der Waals surface area contributed by atoms with E-state index in [2.05, 4.69) is 24.5 Å². The Morgan fingerprint density at radius 3 is 2.43 bits per heavy atom. The van der Waals surface area contributed by atoms with E-state index in [1.807, 2.05) is 24.3 Å². The molecule has 0 fully saturated rings.